The molecule has 0 radical (unpaired) electrons. The van der Waals surface area contributed by atoms with Gasteiger partial charge in [-0.3, -0.25) is 0 Å². The maximum atomic E-state index is 11.3. The monoisotopic (exact) mass is 216 g/mol. The third-order valence-electron chi connectivity index (χ3n) is 1.54. The van der Waals surface area contributed by atoms with E-state index in [1.165, 1.54) is 19.1 Å². The summed E-state index contributed by atoms with van der Waals surface area (Å²) in [5, 5.41) is 18.1. The number of rotatable bonds is 6. The van der Waals surface area contributed by atoms with Gasteiger partial charge in [0.25, 0.3) is 0 Å². The molecule has 0 unspecified atom stereocenters. The van der Waals surface area contributed by atoms with E-state index in [1.54, 1.807) is 6.92 Å². The lowest BCUT2D eigenvalue weighted by atomic mass is 10.4. The predicted molar refractivity (Wildman–Crippen MR) is 53.5 cm³/mol. The summed E-state index contributed by atoms with van der Waals surface area (Å²) < 4.78 is 9.32. The molecular formula is C10H16O5. The van der Waals surface area contributed by atoms with Crippen LogP contribution in [0.1, 0.15) is 20.3 Å². The van der Waals surface area contributed by atoms with E-state index in [9.17, 15) is 4.79 Å². The molecule has 5 heteroatoms. The van der Waals surface area contributed by atoms with Crippen LogP contribution in [0.2, 0.25) is 0 Å². The van der Waals surface area contributed by atoms with Gasteiger partial charge in [-0.2, -0.15) is 0 Å². The number of carbonyl (C=O) groups is 1. The van der Waals surface area contributed by atoms with Crippen LogP contribution in [-0.2, 0) is 14.3 Å². The van der Waals surface area contributed by atoms with E-state index in [4.69, 9.17) is 14.9 Å². The summed E-state index contributed by atoms with van der Waals surface area (Å²) in [4.78, 5) is 11.3. The molecule has 15 heavy (non-hydrogen) atoms. The van der Waals surface area contributed by atoms with Gasteiger partial charge in [-0.25, -0.2) is 4.79 Å². The van der Waals surface area contributed by atoms with Crippen LogP contribution < -0.4 is 0 Å². The Kier molecular flexibility index (Phi) is 5.66. The molecule has 0 aliphatic carbocycles. The van der Waals surface area contributed by atoms with Gasteiger partial charge in [0.2, 0.25) is 5.76 Å². The lowest BCUT2D eigenvalue weighted by Gasteiger charge is -2.20. The van der Waals surface area contributed by atoms with Crippen molar-refractivity contribution in [3.8, 4) is 0 Å². The summed E-state index contributed by atoms with van der Waals surface area (Å²) in [6.07, 6.45) is 2.70. The molecule has 0 amide bonds. The molecule has 0 aliphatic rings. The molecular weight excluding hydrogens is 200 g/mol. The molecule has 0 spiro atoms. The number of carbonyl (C=O) groups excluding carboxylic acids is 1. The number of esters is 1. The highest BCUT2D eigenvalue weighted by Crippen LogP contribution is 2.11. The highest BCUT2D eigenvalue weighted by atomic mass is 16.8. The van der Waals surface area contributed by atoms with Crippen molar-refractivity contribution in [3.05, 3.63) is 24.5 Å². The van der Waals surface area contributed by atoms with Gasteiger partial charge in [0.05, 0.1) is 0 Å². The zero-order valence-electron chi connectivity index (χ0n) is 8.90. The topological polar surface area (TPSA) is 76.0 Å². The van der Waals surface area contributed by atoms with Crippen LogP contribution >= 0.6 is 0 Å². The minimum atomic E-state index is -2.46. The maximum Gasteiger partial charge on any atom is 0.377 e. The molecule has 0 fully saturated rings. The second-order valence-electron chi connectivity index (χ2n) is 2.74. The number of hydrogen-bond donors (Lipinski definition) is 2. The second-order valence-corrected chi connectivity index (χ2v) is 2.74. The van der Waals surface area contributed by atoms with E-state index in [-0.39, 0.29) is 18.8 Å². The van der Waals surface area contributed by atoms with Gasteiger partial charge >= 0.3 is 11.9 Å². The quantitative estimate of drug-likeness (QED) is 0.224. The molecule has 0 atom stereocenters. The fraction of sp³-hybridized carbons (Fsp3) is 0.500. The lowest BCUT2D eigenvalue weighted by Crippen LogP contribution is -2.34. The summed E-state index contributed by atoms with van der Waals surface area (Å²) in [5.74, 6) is -3.47. The molecule has 0 aliphatic heterocycles. The van der Waals surface area contributed by atoms with Crippen molar-refractivity contribution in [3.63, 3.8) is 0 Å². The second kappa shape index (κ2) is 6.21. The summed E-state index contributed by atoms with van der Waals surface area (Å²) in [7, 11) is 0. The van der Waals surface area contributed by atoms with Crippen molar-refractivity contribution >= 4 is 5.97 Å². The van der Waals surface area contributed by atoms with Crippen molar-refractivity contribution in [1.29, 1.82) is 0 Å². The fourth-order valence-corrected chi connectivity index (χ4v) is 0.680. The van der Waals surface area contributed by atoms with Gasteiger partial charge in [0, 0.05) is 6.42 Å². The van der Waals surface area contributed by atoms with Crippen LogP contribution in [0.25, 0.3) is 0 Å². The van der Waals surface area contributed by atoms with Crippen LogP contribution in [0.4, 0.5) is 0 Å². The normalized spacial score (nSPS) is 12.1. The largest absolute Gasteiger partial charge is 0.483 e. The maximum absolute atomic E-state index is 11.3. The Bertz CT molecular complexity index is 255. The highest BCUT2D eigenvalue weighted by molar-refractivity contribution is 5.86. The Labute approximate surface area is 88.6 Å². The first-order chi connectivity index (χ1) is 6.96. The van der Waals surface area contributed by atoms with Crippen LogP contribution in [0.3, 0.4) is 0 Å². The Balaban J connectivity index is 4.35. The average Bonchev–Trinajstić information content (AvgIpc) is 2.18. The Morgan fingerprint density at radius 2 is 2.13 bits per heavy atom. The van der Waals surface area contributed by atoms with E-state index in [2.05, 4.69) is 11.3 Å². The average molecular weight is 216 g/mol. The fourth-order valence-electron chi connectivity index (χ4n) is 0.680. The summed E-state index contributed by atoms with van der Waals surface area (Å²) in [5.41, 5.74) is 0. The van der Waals surface area contributed by atoms with Gasteiger partial charge in [-0.15, -0.1) is 0 Å². The van der Waals surface area contributed by atoms with Crippen molar-refractivity contribution in [1.82, 2.24) is 0 Å². The zero-order valence-corrected chi connectivity index (χ0v) is 8.90. The van der Waals surface area contributed by atoms with Crippen molar-refractivity contribution in [2.75, 3.05) is 6.61 Å². The Morgan fingerprint density at radius 3 is 2.53 bits per heavy atom. The third kappa shape index (κ3) is 5.19. The summed E-state index contributed by atoms with van der Waals surface area (Å²) >= 11 is 0. The van der Waals surface area contributed by atoms with Crippen LogP contribution in [-0.4, -0.2) is 28.8 Å². The molecule has 0 aromatic heterocycles. The first-order valence-electron chi connectivity index (χ1n) is 4.55. The Hall–Kier alpha value is -1.33. The summed E-state index contributed by atoms with van der Waals surface area (Å²) in [6.45, 7) is 6.59. The molecule has 0 heterocycles. The first-order valence-corrected chi connectivity index (χ1v) is 4.55. The molecule has 5 nitrogen and oxygen atoms in total. The number of hydrogen-bond acceptors (Lipinski definition) is 5. The van der Waals surface area contributed by atoms with E-state index < -0.39 is 11.9 Å². The zero-order chi connectivity index (χ0) is 11.9. The van der Waals surface area contributed by atoms with E-state index in [1.807, 2.05) is 0 Å². The standard InChI is InChI=1S/C10H16O5/c1-4-7-14-8(5-2)9(11)15-10(12,13)6-3/h4-5,12-13H,1,6-7H2,2-3H3. The van der Waals surface area contributed by atoms with Gasteiger partial charge < -0.3 is 19.7 Å². The molecule has 2 N–H and O–H groups in total. The molecule has 0 aromatic rings. The van der Waals surface area contributed by atoms with Crippen molar-refractivity contribution < 1.29 is 24.5 Å². The smallest absolute Gasteiger partial charge is 0.377 e. The molecule has 0 aromatic carbocycles. The van der Waals surface area contributed by atoms with Crippen LogP contribution in [0.15, 0.2) is 24.5 Å². The predicted octanol–water partition coefficient (Wildman–Crippen LogP) is 0.684. The lowest BCUT2D eigenvalue weighted by molar-refractivity contribution is -0.319. The Morgan fingerprint density at radius 1 is 1.53 bits per heavy atom. The van der Waals surface area contributed by atoms with Crippen LogP contribution in [0.5, 0.6) is 0 Å². The number of aliphatic hydroxyl groups is 2. The van der Waals surface area contributed by atoms with Crippen molar-refractivity contribution in [2.45, 2.75) is 26.2 Å². The summed E-state index contributed by atoms with van der Waals surface area (Å²) in [6, 6.07) is 0. The SMILES string of the molecule is C=CCOC(=CC)C(=O)OC(O)(O)CC. The van der Waals surface area contributed by atoms with E-state index in [0.29, 0.717) is 0 Å². The van der Waals surface area contributed by atoms with Crippen LogP contribution in [0, 0.1) is 0 Å². The number of ether oxygens (including phenoxy) is 2. The first kappa shape index (κ1) is 13.7. The number of allylic oxidation sites excluding steroid dienone is 1. The minimum Gasteiger partial charge on any atom is -0.483 e. The van der Waals surface area contributed by atoms with E-state index >= 15 is 0 Å². The molecule has 0 rings (SSSR count). The van der Waals surface area contributed by atoms with Gasteiger partial charge in [0.15, 0.2) is 0 Å². The molecule has 0 saturated carbocycles. The van der Waals surface area contributed by atoms with E-state index in [0.717, 1.165) is 0 Å². The highest BCUT2D eigenvalue weighted by Gasteiger charge is 2.27. The van der Waals surface area contributed by atoms with Gasteiger partial charge in [0.1, 0.15) is 6.61 Å². The minimum absolute atomic E-state index is 0.0872. The van der Waals surface area contributed by atoms with Crippen molar-refractivity contribution in [2.24, 2.45) is 0 Å². The molecule has 86 valence electrons. The van der Waals surface area contributed by atoms with Gasteiger partial charge in [-0.05, 0) is 13.0 Å². The molecule has 0 saturated heterocycles. The third-order valence-corrected chi connectivity index (χ3v) is 1.54. The molecule has 0 bridgehead atoms. The van der Waals surface area contributed by atoms with Gasteiger partial charge in [-0.1, -0.05) is 19.6 Å².